The van der Waals surface area contributed by atoms with Gasteiger partial charge in [0.05, 0.1) is 16.5 Å². The second-order valence-corrected chi connectivity index (χ2v) is 10.9. The van der Waals surface area contributed by atoms with Crippen LogP contribution in [0.2, 0.25) is 0 Å². The fourth-order valence-electron chi connectivity index (χ4n) is 3.80. The Morgan fingerprint density at radius 2 is 2.13 bits per heavy atom. The Labute approximate surface area is 183 Å². The molecule has 4 rings (SSSR count). The van der Waals surface area contributed by atoms with E-state index in [0.717, 1.165) is 26.9 Å². The highest BCUT2D eigenvalue weighted by Gasteiger charge is 2.30. The average Bonchev–Trinajstić information content (AvgIpc) is 3.22. The third-order valence-corrected chi connectivity index (χ3v) is 7.58. The van der Waals surface area contributed by atoms with Crippen LogP contribution in [-0.2, 0) is 28.4 Å². The van der Waals surface area contributed by atoms with Crippen LogP contribution in [0, 0.1) is 6.92 Å². The highest BCUT2D eigenvalue weighted by atomic mass is 32.2. The second-order valence-electron chi connectivity index (χ2n) is 7.86. The Hall–Kier alpha value is -2.57. The number of amides is 1. The second kappa shape index (κ2) is 8.17. The summed E-state index contributed by atoms with van der Waals surface area (Å²) in [5.74, 6) is -0.108. The lowest BCUT2D eigenvalue weighted by molar-refractivity contribution is -0.117. The molecule has 0 radical (unpaired) electrons. The predicted octanol–water partition coefficient (Wildman–Crippen LogP) is 1.28. The van der Waals surface area contributed by atoms with Crippen LogP contribution < -0.4 is 11.0 Å². The molecular formula is C19H24N6O4S2. The zero-order valence-corrected chi connectivity index (χ0v) is 19.2. The van der Waals surface area contributed by atoms with Gasteiger partial charge in [-0.1, -0.05) is 17.4 Å². The van der Waals surface area contributed by atoms with Gasteiger partial charge in [-0.05, 0) is 37.5 Å². The number of benzene rings is 1. The molecule has 1 aliphatic rings. The molecule has 0 spiro atoms. The molecule has 1 unspecified atom stereocenters. The summed E-state index contributed by atoms with van der Waals surface area (Å²) in [5, 5.41) is 7.55. The summed E-state index contributed by atoms with van der Waals surface area (Å²) in [7, 11) is -1.72. The molecule has 1 aromatic carbocycles. The normalized spacial score (nSPS) is 17.8. The minimum atomic E-state index is -3.31. The van der Waals surface area contributed by atoms with Crippen LogP contribution >= 0.6 is 11.3 Å². The number of carbonyl (C=O) groups is 1. The monoisotopic (exact) mass is 464 g/mol. The minimum absolute atomic E-state index is 0.196. The fraction of sp³-hybridized carbons (Fsp3) is 0.474. The van der Waals surface area contributed by atoms with Crippen molar-refractivity contribution in [2.75, 3.05) is 24.7 Å². The van der Waals surface area contributed by atoms with Gasteiger partial charge in [0.25, 0.3) is 0 Å². The molecule has 0 bridgehead atoms. The van der Waals surface area contributed by atoms with E-state index in [2.05, 4.69) is 15.4 Å². The first kappa shape index (κ1) is 21.7. The van der Waals surface area contributed by atoms with Crippen molar-refractivity contribution in [3.05, 3.63) is 40.1 Å². The van der Waals surface area contributed by atoms with Gasteiger partial charge in [0.2, 0.25) is 15.9 Å². The van der Waals surface area contributed by atoms with Crippen molar-refractivity contribution in [3.8, 4) is 0 Å². The summed E-state index contributed by atoms with van der Waals surface area (Å²) >= 11 is 1.37. The van der Waals surface area contributed by atoms with Crippen molar-refractivity contribution in [1.82, 2.24) is 23.6 Å². The molecule has 3 heterocycles. The van der Waals surface area contributed by atoms with Crippen LogP contribution in [0.3, 0.4) is 0 Å². The van der Waals surface area contributed by atoms with E-state index in [1.165, 1.54) is 26.5 Å². The number of aromatic nitrogens is 4. The van der Waals surface area contributed by atoms with E-state index in [9.17, 15) is 18.0 Å². The number of hydrogen-bond donors (Lipinski definition) is 1. The minimum Gasteiger partial charge on any atom is -0.300 e. The lowest BCUT2D eigenvalue weighted by atomic mass is 9.99. The Morgan fingerprint density at radius 1 is 1.35 bits per heavy atom. The Balaban J connectivity index is 1.50. The predicted molar refractivity (Wildman–Crippen MR) is 119 cm³/mol. The molecule has 1 N–H and O–H groups in total. The highest BCUT2D eigenvalue weighted by Crippen LogP contribution is 2.27. The van der Waals surface area contributed by atoms with E-state index in [1.54, 1.807) is 7.05 Å². The Bertz CT molecular complexity index is 1310. The van der Waals surface area contributed by atoms with Crippen LogP contribution in [0.15, 0.2) is 23.0 Å². The Morgan fingerprint density at radius 3 is 2.87 bits per heavy atom. The highest BCUT2D eigenvalue weighted by molar-refractivity contribution is 7.88. The molecule has 0 saturated carbocycles. The van der Waals surface area contributed by atoms with Gasteiger partial charge in [0, 0.05) is 26.1 Å². The first-order valence-corrected chi connectivity index (χ1v) is 12.5. The van der Waals surface area contributed by atoms with Crippen molar-refractivity contribution in [2.24, 2.45) is 7.05 Å². The molecule has 1 amide bonds. The van der Waals surface area contributed by atoms with Crippen molar-refractivity contribution >= 4 is 42.6 Å². The van der Waals surface area contributed by atoms with Crippen LogP contribution in [0.5, 0.6) is 0 Å². The van der Waals surface area contributed by atoms with Gasteiger partial charge >= 0.3 is 5.69 Å². The van der Waals surface area contributed by atoms with E-state index in [1.807, 2.05) is 25.1 Å². The standard InChI is InChI=1S/C19H24N6O4S2/c1-12-6-7-14-15(9-12)30-18(20-14)21-16(26)11-25-19(27)23(2)17(22-25)13-5-4-8-24(10-13)31(3,28)29/h6-7,9,13H,4-5,8,10-11H2,1-3H3,(H,20,21,26). The van der Waals surface area contributed by atoms with E-state index in [4.69, 9.17) is 0 Å². The SMILES string of the molecule is Cc1ccc2nc(NC(=O)Cn3nc(C4CCCN(S(C)(=O)=O)C4)n(C)c3=O)sc2c1. The molecule has 2 aromatic heterocycles. The van der Waals surface area contributed by atoms with Gasteiger partial charge in [0.1, 0.15) is 12.4 Å². The van der Waals surface area contributed by atoms with Crippen LogP contribution in [-0.4, -0.2) is 57.3 Å². The van der Waals surface area contributed by atoms with Gasteiger partial charge in [-0.3, -0.25) is 9.36 Å². The van der Waals surface area contributed by atoms with E-state index < -0.39 is 21.6 Å². The largest absolute Gasteiger partial charge is 0.346 e. The third kappa shape index (κ3) is 4.55. The van der Waals surface area contributed by atoms with Crippen molar-refractivity contribution in [2.45, 2.75) is 32.2 Å². The zero-order chi connectivity index (χ0) is 22.3. The molecule has 10 nitrogen and oxygen atoms in total. The summed E-state index contributed by atoms with van der Waals surface area (Å²) in [6.07, 6.45) is 2.60. The number of sulfonamides is 1. The van der Waals surface area contributed by atoms with Crippen LogP contribution in [0.25, 0.3) is 10.2 Å². The molecule has 3 aromatic rings. The maximum Gasteiger partial charge on any atom is 0.346 e. The number of anilines is 1. The summed E-state index contributed by atoms with van der Waals surface area (Å²) in [4.78, 5) is 29.5. The van der Waals surface area contributed by atoms with E-state index >= 15 is 0 Å². The summed E-state index contributed by atoms with van der Waals surface area (Å²) in [6.45, 7) is 2.49. The van der Waals surface area contributed by atoms with Gasteiger partial charge < -0.3 is 5.32 Å². The number of hydrogen-bond acceptors (Lipinski definition) is 7. The average molecular weight is 465 g/mol. The summed E-state index contributed by atoms with van der Waals surface area (Å²) < 4.78 is 28.7. The maximum atomic E-state index is 12.6. The summed E-state index contributed by atoms with van der Waals surface area (Å²) in [5.41, 5.74) is 1.50. The number of thiazole rings is 1. The fourth-order valence-corrected chi connectivity index (χ4v) is 5.69. The van der Waals surface area contributed by atoms with Gasteiger partial charge in [-0.15, -0.1) is 0 Å². The zero-order valence-electron chi connectivity index (χ0n) is 17.5. The van der Waals surface area contributed by atoms with Crippen molar-refractivity contribution < 1.29 is 13.2 Å². The smallest absolute Gasteiger partial charge is 0.300 e. The number of rotatable bonds is 5. The number of nitrogens with one attached hydrogen (secondary N) is 1. The van der Waals surface area contributed by atoms with Gasteiger partial charge in [0.15, 0.2) is 5.13 Å². The number of fused-ring (bicyclic) bond motifs is 1. The molecule has 31 heavy (non-hydrogen) atoms. The molecule has 0 aliphatic carbocycles. The first-order valence-electron chi connectivity index (χ1n) is 9.87. The molecule has 1 saturated heterocycles. The number of carbonyl (C=O) groups excluding carboxylic acids is 1. The molecule has 12 heteroatoms. The lowest BCUT2D eigenvalue weighted by Crippen LogP contribution is -2.39. The van der Waals surface area contributed by atoms with Crippen molar-refractivity contribution in [3.63, 3.8) is 0 Å². The molecule has 166 valence electrons. The van der Waals surface area contributed by atoms with Gasteiger partial charge in [-0.25, -0.2) is 27.2 Å². The Kier molecular flexibility index (Phi) is 5.71. The van der Waals surface area contributed by atoms with Crippen LogP contribution in [0.4, 0.5) is 5.13 Å². The van der Waals surface area contributed by atoms with Gasteiger partial charge in [-0.2, -0.15) is 5.10 Å². The lowest BCUT2D eigenvalue weighted by Gasteiger charge is -2.30. The van der Waals surface area contributed by atoms with Crippen molar-refractivity contribution in [1.29, 1.82) is 0 Å². The molecule has 1 fully saturated rings. The quantitative estimate of drug-likeness (QED) is 0.607. The number of nitrogens with zero attached hydrogens (tertiary/aromatic N) is 5. The summed E-state index contributed by atoms with van der Waals surface area (Å²) in [6, 6.07) is 5.86. The third-order valence-electron chi connectivity index (χ3n) is 5.38. The van der Waals surface area contributed by atoms with Crippen LogP contribution in [0.1, 0.15) is 30.1 Å². The van der Waals surface area contributed by atoms with E-state index in [0.29, 0.717) is 23.9 Å². The topological polar surface area (TPSA) is 119 Å². The number of aryl methyl sites for hydroxylation is 1. The molecular weight excluding hydrogens is 440 g/mol. The number of piperidine rings is 1. The molecule has 1 atom stereocenters. The van der Waals surface area contributed by atoms with E-state index in [-0.39, 0.29) is 19.0 Å². The first-order chi connectivity index (χ1) is 14.6. The maximum absolute atomic E-state index is 12.6. The molecule has 1 aliphatic heterocycles.